The summed E-state index contributed by atoms with van der Waals surface area (Å²) in [4.78, 5) is 28.6. The molecule has 3 aromatic carbocycles. The number of para-hydroxylation sites is 2. The number of nitrogens with zero attached hydrogens (tertiary/aromatic N) is 1. The Balaban J connectivity index is 1.56. The molecule has 0 saturated carbocycles. The number of amides is 1. The number of carboxylic acids is 1. The largest absolute Gasteiger partial charge is 0.488 e. The van der Waals surface area contributed by atoms with Gasteiger partial charge in [-0.25, -0.2) is 9.79 Å². The van der Waals surface area contributed by atoms with Crippen LogP contribution in [-0.2, 0) is 11.4 Å². The van der Waals surface area contributed by atoms with Gasteiger partial charge >= 0.3 is 5.97 Å². The number of hydrogen-bond donors (Lipinski definition) is 2. The quantitative estimate of drug-likeness (QED) is 0.470. The minimum Gasteiger partial charge on any atom is -0.488 e. The summed E-state index contributed by atoms with van der Waals surface area (Å²) in [5.74, 6) is -0.794. The number of thioether (sulfide) groups is 1. The average Bonchev–Trinajstić information content (AvgIpc) is 3.13. The van der Waals surface area contributed by atoms with Gasteiger partial charge < -0.3 is 15.2 Å². The second-order valence-electron chi connectivity index (χ2n) is 6.72. The first-order valence-electron chi connectivity index (χ1n) is 9.58. The molecule has 0 aliphatic carbocycles. The topological polar surface area (TPSA) is 88.0 Å². The number of carboxylic acid groups (broad SMARTS) is 1. The predicted octanol–water partition coefficient (Wildman–Crippen LogP) is 5.51. The molecule has 0 aromatic heterocycles. The van der Waals surface area contributed by atoms with Crippen LogP contribution in [0, 0.1) is 0 Å². The molecule has 8 heteroatoms. The van der Waals surface area contributed by atoms with Gasteiger partial charge in [-0.05, 0) is 42.1 Å². The number of aliphatic imine (C=N–C) groups is 1. The van der Waals surface area contributed by atoms with Gasteiger partial charge in [-0.3, -0.25) is 4.79 Å². The first-order valence-corrected chi connectivity index (χ1v) is 10.8. The normalized spacial score (nSPS) is 15.7. The van der Waals surface area contributed by atoms with Gasteiger partial charge in [0.25, 0.3) is 5.91 Å². The number of benzene rings is 3. The van der Waals surface area contributed by atoms with Crippen LogP contribution < -0.4 is 10.1 Å². The highest BCUT2D eigenvalue weighted by atomic mass is 35.5. The molecule has 160 valence electrons. The molecule has 6 nitrogen and oxygen atoms in total. The molecule has 1 heterocycles. The molecule has 3 aromatic rings. The molecule has 1 amide bonds. The molecular formula is C24H17ClN2O4S. The van der Waals surface area contributed by atoms with Crippen molar-refractivity contribution in [3.8, 4) is 5.75 Å². The lowest BCUT2D eigenvalue weighted by Gasteiger charge is -2.10. The third-order valence-electron chi connectivity index (χ3n) is 4.55. The number of ether oxygens (including phenoxy) is 1. The fourth-order valence-electron chi connectivity index (χ4n) is 2.99. The van der Waals surface area contributed by atoms with Gasteiger partial charge in [-0.2, -0.15) is 0 Å². The van der Waals surface area contributed by atoms with Crippen LogP contribution in [0.25, 0.3) is 6.08 Å². The first-order chi connectivity index (χ1) is 15.5. The van der Waals surface area contributed by atoms with Crippen LogP contribution in [0.1, 0.15) is 21.5 Å². The first kappa shape index (κ1) is 21.7. The fourth-order valence-corrected chi connectivity index (χ4v) is 4.00. The number of aromatic carboxylic acids is 1. The highest BCUT2D eigenvalue weighted by Crippen LogP contribution is 2.31. The van der Waals surface area contributed by atoms with Crippen molar-refractivity contribution in [3.05, 3.63) is 99.4 Å². The fraction of sp³-hybridized carbons (Fsp3) is 0.0417. The lowest BCUT2D eigenvalue weighted by atomic mass is 10.2. The van der Waals surface area contributed by atoms with Crippen molar-refractivity contribution in [2.45, 2.75) is 6.61 Å². The Morgan fingerprint density at radius 2 is 1.78 bits per heavy atom. The summed E-state index contributed by atoms with van der Waals surface area (Å²) in [6, 6.07) is 21.2. The van der Waals surface area contributed by atoms with Crippen LogP contribution in [0.3, 0.4) is 0 Å². The van der Waals surface area contributed by atoms with Gasteiger partial charge in [-0.15, -0.1) is 0 Å². The predicted molar refractivity (Wildman–Crippen MR) is 126 cm³/mol. The Kier molecular flexibility index (Phi) is 6.58. The van der Waals surface area contributed by atoms with E-state index in [0.717, 1.165) is 22.9 Å². The van der Waals surface area contributed by atoms with Crippen molar-refractivity contribution in [2.24, 2.45) is 4.99 Å². The zero-order chi connectivity index (χ0) is 22.5. The van der Waals surface area contributed by atoms with Crippen molar-refractivity contribution >= 4 is 52.2 Å². The number of halogens is 1. The molecular weight excluding hydrogens is 448 g/mol. The van der Waals surface area contributed by atoms with E-state index < -0.39 is 5.97 Å². The molecule has 1 saturated heterocycles. The van der Waals surface area contributed by atoms with E-state index in [4.69, 9.17) is 16.3 Å². The summed E-state index contributed by atoms with van der Waals surface area (Å²) >= 11 is 7.34. The van der Waals surface area contributed by atoms with E-state index in [1.54, 1.807) is 30.3 Å². The van der Waals surface area contributed by atoms with Crippen LogP contribution in [-0.4, -0.2) is 22.2 Å². The van der Waals surface area contributed by atoms with Crippen molar-refractivity contribution < 1.29 is 19.4 Å². The summed E-state index contributed by atoms with van der Waals surface area (Å²) in [5.41, 5.74) is 1.92. The van der Waals surface area contributed by atoms with E-state index in [1.807, 2.05) is 42.5 Å². The monoisotopic (exact) mass is 464 g/mol. The number of carbonyl (C=O) groups excluding carboxylic acids is 1. The third kappa shape index (κ3) is 5.01. The summed E-state index contributed by atoms with van der Waals surface area (Å²) < 4.78 is 5.95. The maximum absolute atomic E-state index is 12.5. The maximum Gasteiger partial charge on any atom is 0.337 e. The van der Waals surface area contributed by atoms with E-state index in [0.29, 0.717) is 20.8 Å². The zero-order valence-corrected chi connectivity index (χ0v) is 18.2. The molecule has 1 fully saturated rings. The molecule has 0 spiro atoms. The molecule has 4 rings (SSSR count). The van der Waals surface area contributed by atoms with Crippen LogP contribution >= 0.6 is 23.4 Å². The van der Waals surface area contributed by atoms with Gasteiger partial charge in [0.15, 0.2) is 5.17 Å². The van der Waals surface area contributed by atoms with Gasteiger partial charge in [0, 0.05) is 16.1 Å². The number of rotatable bonds is 6. The summed E-state index contributed by atoms with van der Waals surface area (Å²) in [6.45, 7) is 0.290. The summed E-state index contributed by atoms with van der Waals surface area (Å²) in [6.07, 6.45) is 1.72. The standard InChI is InChI=1S/C24H17ClN2O4S/c25-18-10-4-1-8-16(18)14-31-20-12-6-2-7-15(20)13-21-22(28)27-24(32-21)26-19-11-5-3-9-17(19)23(29)30/h1-13H,14H2,(H,29,30)(H,26,27,28). The second-order valence-corrected chi connectivity index (χ2v) is 8.16. The van der Waals surface area contributed by atoms with E-state index >= 15 is 0 Å². The van der Waals surface area contributed by atoms with E-state index in [-0.39, 0.29) is 23.8 Å². The molecule has 1 aliphatic rings. The second kappa shape index (κ2) is 9.72. The highest BCUT2D eigenvalue weighted by molar-refractivity contribution is 8.18. The third-order valence-corrected chi connectivity index (χ3v) is 5.83. The summed E-state index contributed by atoms with van der Waals surface area (Å²) in [7, 11) is 0. The Hall–Kier alpha value is -3.55. The van der Waals surface area contributed by atoms with Crippen molar-refractivity contribution in [2.75, 3.05) is 0 Å². The van der Waals surface area contributed by atoms with Crippen LogP contribution in [0.15, 0.2) is 82.7 Å². The van der Waals surface area contributed by atoms with E-state index in [2.05, 4.69) is 10.3 Å². The lowest BCUT2D eigenvalue weighted by Crippen LogP contribution is -2.19. The minimum atomic E-state index is -1.08. The van der Waals surface area contributed by atoms with Crippen molar-refractivity contribution in [3.63, 3.8) is 0 Å². The molecule has 0 bridgehead atoms. The Bertz CT molecular complexity index is 1260. The van der Waals surface area contributed by atoms with Crippen molar-refractivity contribution in [1.29, 1.82) is 0 Å². The Morgan fingerprint density at radius 3 is 2.59 bits per heavy atom. The Morgan fingerprint density at radius 1 is 1.06 bits per heavy atom. The summed E-state index contributed by atoms with van der Waals surface area (Å²) in [5, 5.41) is 12.9. The molecule has 1 aliphatic heterocycles. The smallest absolute Gasteiger partial charge is 0.337 e. The van der Waals surface area contributed by atoms with Crippen LogP contribution in [0.5, 0.6) is 5.75 Å². The number of hydrogen-bond acceptors (Lipinski definition) is 5. The average molecular weight is 465 g/mol. The number of carbonyl (C=O) groups is 2. The van der Waals surface area contributed by atoms with Gasteiger partial charge in [0.1, 0.15) is 12.4 Å². The zero-order valence-electron chi connectivity index (χ0n) is 16.6. The Labute approximate surface area is 193 Å². The highest BCUT2D eigenvalue weighted by Gasteiger charge is 2.25. The molecule has 0 unspecified atom stereocenters. The number of nitrogens with one attached hydrogen (secondary N) is 1. The molecule has 2 N–H and O–H groups in total. The van der Waals surface area contributed by atoms with Gasteiger partial charge in [0.2, 0.25) is 0 Å². The van der Waals surface area contributed by atoms with Gasteiger partial charge in [-0.1, -0.05) is 60.1 Å². The molecule has 32 heavy (non-hydrogen) atoms. The van der Waals surface area contributed by atoms with E-state index in [9.17, 15) is 14.7 Å². The lowest BCUT2D eigenvalue weighted by molar-refractivity contribution is -0.115. The SMILES string of the molecule is O=C1NC(=Nc2ccccc2C(=O)O)SC1=Cc1ccccc1OCc1ccccc1Cl. The molecule has 0 atom stereocenters. The van der Waals surface area contributed by atoms with Crippen LogP contribution in [0.4, 0.5) is 5.69 Å². The van der Waals surface area contributed by atoms with E-state index in [1.165, 1.54) is 6.07 Å². The van der Waals surface area contributed by atoms with Crippen molar-refractivity contribution in [1.82, 2.24) is 5.32 Å². The minimum absolute atomic E-state index is 0.0607. The van der Waals surface area contributed by atoms with Gasteiger partial charge in [0.05, 0.1) is 16.2 Å². The number of amidine groups is 1. The maximum atomic E-state index is 12.5. The molecule has 0 radical (unpaired) electrons. The van der Waals surface area contributed by atoms with Crippen LogP contribution in [0.2, 0.25) is 5.02 Å².